The maximum Gasteiger partial charge on any atom is 0.253 e. The fourth-order valence-electron chi connectivity index (χ4n) is 2.86. The average Bonchev–Trinajstić information content (AvgIpc) is 3.13. The van der Waals surface area contributed by atoms with E-state index in [1.54, 1.807) is 11.8 Å². The smallest absolute Gasteiger partial charge is 0.216 e. The summed E-state index contributed by atoms with van der Waals surface area (Å²) in [5, 5.41) is 5.41. The van der Waals surface area contributed by atoms with Crippen LogP contribution in [0.2, 0.25) is 0 Å². The molecule has 1 aromatic carbocycles. The van der Waals surface area contributed by atoms with Crippen molar-refractivity contribution in [2.45, 2.75) is 37.1 Å². The number of thioether (sulfide) groups is 1. The van der Waals surface area contributed by atoms with Crippen LogP contribution in [0.1, 0.15) is 28.9 Å². The Morgan fingerprint density at radius 3 is 2.86 bits per heavy atom. The van der Waals surface area contributed by atoms with Crippen molar-refractivity contribution in [3.63, 3.8) is 0 Å². The molecule has 5 heteroatoms. The van der Waals surface area contributed by atoms with Crippen LogP contribution in [-0.2, 0) is 18.6 Å². The van der Waals surface area contributed by atoms with Crippen molar-refractivity contribution in [3.05, 3.63) is 52.8 Å². The Kier molecular flexibility index (Phi) is 3.15. The molecule has 0 N–H and O–H groups in total. The van der Waals surface area contributed by atoms with Gasteiger partial charge < -0.3 is 0 Å². The molecular weight excluding hydrogens is 280 g/mol. The molecule has 1 aliphatic carbocycles. The predicted octanol–water partition coefficient (Wildman–Crippen LogP) is 3.21. The fraction of sp³-hybridized carbons (Fsp3) is 0.312. The van der Waals surface area contributed by atoms with Crippen LogP contribution in [0.25, 0.3) is 5.78 Å². The van der Waals surface area contributed by atoms with E-state index in [0.717, 1.165) is 29.5 Å². The third-order valence-corrected chi connectivity index (χ3v) is 4.87. The molecule has 21 heavy (non-hydrogen) atoms. The van der Waals surface area contributed by atoms with Crippen LogP contribution in [0.5, 0.6) is 0 Å². The number of rotatable bonds is 3. The summed E-state index contributed by atoms with van der Waals surface area (Å²) in [4.78, 5) is 9.24. The van der Waals surface area contributed by atoms with Crippen molar-refractivity contribution in [2.75, 3.05) is 0 Å². The second kappa shape index (κ2) is 5.15. The van der Waals surface area contributed by atoms with Gasteiger partial charge in [-0.15, -0.1) is 5.10 Å². The quantitative estimate of drug-likeness (QED) is 0.696. The van der Waals surface area contributed by atoms with E-state index < -0.39 is 0 Å². The SMILES string of the molecule is Cc1c2c(nc3nc(SCc4ccccc4)nn13)CCC2. The molecule has 0 saturated carbocycles. The average molecular weight is 296 g/mol. The van der Waals surface area contributed by atoms with Crippen molar-refractivity contribution in [1.29, 1.82) is 0 Å². The first kappa shape index (κ1) is 12.8. The van der Waals surface area contributed by atoms with Crippen LogP contribution >= 0.6 is 11.8 Å². The van der Waals surface area contributed by atoms with E-state index in [1.807, 2.05) is 10.6 Å². The lowest BCUT2D eigenvalue weighted by Crippen LogP contribution is -2.02. The van der Waals surface area contributed by atoms with Crippen LogP contribution in [-0.4, -0.2) is 19.6 Å². The van der Waals surface area contributed by atoms with Gasteiger partial charge >= 0.3 is 0 Å². The van der Waals surface area contributed by atoms with E-state index in [4.69, 9.17) is 0 Å². The lowest BCUT2D eigenvalue weighted by Gasteiger charge is -2.03. The summed E-state index contributed by atoms with van der Waals surface area (Å²) in [6.45, 7) is 2.12. The van der Waals surface area contributed by atoms with Crippen molar-refractivity contribution in [3.8, 4) is 0 Å². The number of aryl methyl sites for hydroxylation is 2. The van der Waals surface area contributed by atoms with Crippen molar-refractivity contribution in [1.82, 2.24) is 19.6 Å². The molecule has 0 amide bonds. The highest BCUT2D eigenvalue weighted by Gasteiger charge is 2.19. The van der Waals surface area contributed by atoms with Gasteiger partial charge in [-0.2, -0.15) is 4.98 Å². The highest BCUT2D eigenvalue weighted by atomic mass is 32.2. The normalized spacial score (nSPS) is 13.8. The molecule has 0 radical (unpaired) electrons. The first-order valence-electron chi connectivity index (χ1n) is 7.23. The van der Waals surface area contributed by atoms with E-state index in [-0.39, 0.29) is 0 Å². The summed E-state index contributed by atoms with van der Waals surface area (Å²) in [5.74, 6) is 1.62. The molecule has 0 atom stereocenters. The zero-order valence-corrected chi connectivity index (χ0v) is 12.7. The van der Waals surface area contributed by atoms with Crippen molar-refractivity contribution in [2.24, 2.45) is 0 Å². The minimum Gasteiger partial charge on any atom is -0.216 e. The number of hydrogen-bond donors (Lipinski definition) is 0. The Hall–Kier alpha value is -1.88. The molecule has 0 bridgehead atoms. The molecule has 0 aliphatic heterocycles. The standard InChI is InChI=1S/C16H16N4S/c1-11-13-8-5-9-14(13)17-15-18-16(19-20(11)15)21-10-12-6-3-2-4-7-12/h2-4,6-7H,5,8-10H2,1H3. The Labute approximate surface area is 127 Å². The maximum atomic E-state index is 4.67. The molecule has 4 nitrogen and oxygen atoms in total. The van der Waals surface area contributed by atoms with Crippen LogP contribution in [0.4, 0.5) is 0 Å². The van der Waals surface area contributed by atoms with Crippen molar-refractivity contribution < 1.29 is 0 Å². The van der Waals surface area contributed by atoms with E-state index >= 15 is 0 Å². The van der Waals surface area contributed by atoms with Gasteiger partial charge in [0.05, 0.1) is 0 Å². The molecule has 0 spiro atoms. The molecule has 2 heterocycles. The number of benzene rings is 1. The highest BCUT2D eigenvalue weighted by Crippen LogP contribution is 2.25. The Morgan fingerprint density at radius 2 is 2.00 bits per heavy atom. The van der Waals surface area contributed by atoms with Gasteiger partial charge in [0, 0.05) is 17.1 Å². The van der Waals surface area contributed by atoms with E-state index in [9.17, 15) is 0 Å². The zero-order valence-electron chi connectivity index (χ0n) is 11.9. The molecule has 2 aromatic heterocycles. The lowest BCUT2D eigenvalue weighted by atomic mass is 10.2. The third kappa shape index (κ3) is 2.31. The fourth-order valence-corrected chi connectivity index (χ4v) is 3.63. The first-order chi connectivity index (χ1) is 10.3. The second-order valence-electron chi connectivity index (χ2n) is 5.36. The Balaban J connectivity index is 1.64. The summed E-state index contributed by atoms with van der Waals surface area (Å²) in [5.41, 5.74) is 5.07. The van der Waals surface area contributed by atoms with Crippen LogP contribution < -0.4 is 0 Å². The molecule has 0 fully saturated rings. The predicted molar refractivity (Wildman–Crippen MR) is 83.5 cm³/mol. The first-order valence-corrected chi connectivity index (χ1v) is 8.21. The second-order valence-corrected chi connectivity index (χ2v) is 6.30. The molecule has 3 aromatic rings. The van der Waals surface area contributed by atoms with Gasteiger partial charge in [-0.1, -0.05) is 42.1 Å². The largest absolute Gasteiger partial charge is 0.253 e. The third-order valence-electron chi connectivity index (χ3n) is 3.96. The van der Waals surface area contributed by atoms with Gasteiger partial charge in [0.25, 0.3) is 5.78 Å². The topological polar surface area (TPSA) is 43.1 Å². The maximum absolute atomic E-state index is 4.67. The molecule has 4 rings (SSSR count). The minimum atomic E-state index is 0.740. The van der Waals surface area contributed by atoms with Crippen LogP contribution in [0.15, 0.2) is 35.5 Å². The summed E-state index contributed by atoms with van der Waals surface area (Å²) in [6, 6.07) is 10.4. The summed E-state index contributed by atoms with van der Waals surface area (Å²) < 4.78 is 1.90. The number of fused-ring (bicyclic) bond motifs is 2. The van der Waals surface area contributed by atoms with Crippen molar-refractivity contribution >= 4 is 17.5 Å². The number of aromatic nitrogens is 4. The van der Waals surface area contributed by atoms with Gasteiger partial charge in [0.2, 0.25) is 5.16 Å². The monoisotopic (exact) mass is 296 g/mol. The van der Waals surface area contributed by atoms with Gasteiger partial charge in [-0.05, 0) is 37.3 Å². The van der Waals surface area contributed by atoms with Crippen LogP contribution in [0, 0.1) is 6.92 Å². The van der Waals surface area contributed by atoms with E-state index in [1.165, 1.54) is 28.9 Å². The minimum absolute atomic E-state index is 0.740. The van der Waals surface area contributed by atoms with Crippen LogP contribution in [0.3, 0.4) is 0 Å². The van der Waals surface area contributed by atoms with Gasteiger partial charge in [-0.3, -0.25) is 0 Å². The Bertz CT molecular complexity index is 795. The summed E-state index contributed by atoms with van der Waals surface area (Å²) in [6.07, 6.45) is 3.40. The van der Waals surface area contributed by atoms with E-state index in [2.05, 4.69) is 46.3 Å². The Morgan fingerprint density at radius 1 is 1.14 bits per heavy atom. The molecule has 0 unspecified atom stereocenters. The van der Waals surface area contributed by atoms with Gasteiger partial charge in [0.15, 0.2) is 0 Å². The summed E-state index contributed by atoms with van der Waals surface area (Å²) >= 11 is 1.66. The molecule has 106 valence electrons. The molecule has 1 aliphatic rings. The molecular formula is C16H16N4S. The zero-order chi connectivity index (χ0) is 14.2. The molecule has 0 saturated heterocycles. The summed E-state index contributed by atoms with van der Waals surface area (Å²) in [7, 11) is 0. The van der Waals surface area contributed by atoms with Gasteiger partial charge in [-0.25, -0.2) is 9.50 Å². The number of hydrogen-bond acceptors (Lipinski definition) is 4. The van der Waals surface area contributed by atoms with Gasteiger partial charge in [0.1, 0.15) is 0 Å². The lowest BCUT2D eigenvalue weighted by molar-refractivity contribution is 0.830. The number of nitrogens with zero attached hydrogens (tertiary/aromatic N) is 4. The highest BCUT2D eigenvalue weighted by molar-refractivity contribution is 7.98. The van der Waals surface area contributed by atoms with E-state index in [0.29, 0.717) is 0 Å².